The van der Waals surface area contributed by atoms with E-state index in [1.54, 1.807) is 6.92 Å². The van der Waals surface area contributed by atoms with Crippen LogP contribution in [0.15, 0.2) is 0 Å². The molecule has 3 aliphatic rings. The summed E-state index contributed by atoms with van der Waals surface area (Å²) in [6.45, 7) is 1.09. The zero-order valence-corrected chi connectivity index (χ0v) is 15.4. The smallest absolute Gasteiger partial charge is 0.218 e. The molecule has 3 rings (SSSR count). The molecule has 0 aliphatic carbocycles. The van der Waals surface area contributed by atoms with Crippen LogP contribution in [0.1, 0.15) is 6.92 Å². The molecule has 3 saturated heterocycles. The predicted molar refractivity (Wildman–Crippen MR) is 81.8 cm³/mol. The summed E-state index contributed by atoms with van der Waals surface area (Å²) in [5.74, 6) is -0.662. The zero-order chi connectivity index (χ0) is 19.9. The maximum Gasteiger partial charge on any atom is 0.218 e. The summed E-state index contributed by atoms with van der Waals surface area (Å²) in [6.07, 6.45) is -9.81. The molecule has 0 aromatic rings. The highest BCUT2D eigenvalue weighted by Gasteiger charge is 2.56. The van der Waals surface area contributed by atoms with E-state index in [1.807, 2.05) is 0 Å². The van der Waals surface area contributed by atoms with Gasteiger partial charge in [-0.25, -0.2) is 8.42 Å². The minimum atomic E-state index is -5.08. The molecule has 2 bridgehead atoms. The van der Waals surface area contributed by atoms with E-state index in [9.17, 15) is 28.3 Å². The van der Waals surface area contributed by atoms with Crippen molar-refractivity contribution in [2.24, 2.45) is 5.92 Å². The summed E-state index contributed by atoms with van der Waals surface area (Å²) in [5.41, 5.74) is 0. The maximum atomic E-state index is 11.0. The van der Waals surface area contributed by atoms with Crippen molar-refractivity contribution in [3.8, 4) is 0 Å². The Morgan fingerprint density at radius 3 is 2.44 bits per heavy atom. The molecule has 0 spiro atoms. The number of hydrogen-bond acceptors (Lipinski definition) is 12. The van der Waals surface area contributed by atoms with E-state index in [0.29, 0.717) is 0 Å². The summed E-state index contributed by atoms with van der Waals surface area (Å²) in [7, 11) is -3.83. The van der Waals surface area contributed by atoms with Crippen molar-refractivity contribution < 1.29 is 56.2 Å². The molecule has 0 amide bonds. The summed E-state index contributed by atoms with van der Waals surface area (Å²) >= 11 is 0. The van der Waals surface area contributed by atoms with Crippen LogP contribution in [0.25, 0.3) is 0 Å². The van der Waals surface area contributed by atoms with Gasteiger partial charge in [0, 0.05) is 13.0 Å². The van der Waals surface area contributed by atoms with Gasteiger partial charge in [-0.05, 0) is 0 Å². The molecule has 0 saturated carbocycles. The first kappa shape index (κ1) is 21.3. The first-order valence-corrected chi connectivity index (χ1v) is 9.71. The number of fused-ring (bicyclic) bond motifs is 2. The quantitative estimate of drug-likeness (QED) is 0.298. The molecule has 158 valence electrons. The summed E-state index contributed by atoms with van der Waals surface area (Å²) in [5, 5.41) is 29.6. The lowest BCUT2D eigenvalue weighted by Gasteiger charge is -2.44. The average molecular weight is 415 g/mol. The van der Waals surface area contributed by atoms with Crippen molar-refractivity contribution in [2.45, 2.75) is 62.2 Å². The van der Waals surface area contributed by atoms with Gasteiger partial charge in [0.15, 0.2) is 18.7 Å². The molecule has 0 radical (unpaired) electrons. The number of aliphatic hydroxyl groups is 3. The minimum absolute atomic E-state index is 0.0123. The van der Waals surface area contributed by atoms with Gasteiger partial charge in [0.1, 0.15) is 30.5 Å². The highest BCUT2D eigenvalue weighted by atomic mass is 32.3. The SMILES string of the molecule is CO[C@H]1OC2CO[C@@H](C1OS(=O)(=O)[O-])[C@H]2OC1OC(CO)[C@H](O)[C@H](C)[C@@H]1O. The van der Waals surface area contributed by atoms with Gasteiger partial charge in [-0.15, -0.1) is 0 Å². The van der Waals surface area contributed by atoms with E-state index in [1.165, 1.54) is 7.11 Å². The van der Waals surface area contributed by atoms with Crippen LogP contribution in [0, 0.1) is 5.92 Å². The normalized spacial score (nSPS) is 47.9. The Morgan fingerprint density at radius 2 is 1.85 bits per heavy atom. The van der Waals surface area contributed by atoms with Gasteiger partial charge >= 0.3 is 0 Å². The maximum absolute atomic E-state index is 11.0. The van der Waals surface area contributed by atoms with E-state index in [-0.39, 0.29) is 6.61 Å². The first-order valence-electron chi connectivity index (χ1n) is 8.38. The third kappa shape index (κ3) is 4.28. The van der Waals surface area contributed by atoms with Gasteiger partial charge in [0.2, 0.25) is 10.4 Å². The highest BCUT2D eigenvalue weighted by Crippen LogP contribution is 2.37. The van der Waals surface area contributed by atoms with E-state index >= 15 is 0 Å². The molecule has 13 heteroatoms. The summed E-state index contributed by atoms with van der Waals surface area (Å²) < 4.78 is 64.8. The van der Waals surface area contributed by atoms with Crippen LogP contribution in [0.4, 0.5) is 0 Å². The Balaban J connectivity index is 1.76. The lowest BCUT2D eigenvalue weighted by molar-refractivity contribution is -0.329. The molecular formula is C14H23O12S-. The monoisotopic (exact) mass is 415 g/mol. The fourth-order valence-corrected chi connectivity index (χ4v) is 4.01. The first-order chi connectivity index (χ1) is 12.7. The third-order valence-electron chi connectivity index (χ3n) is 5.02. The predicted octanol–water partition coefficient (Wildman–Crippen LogP) is -2.94. The van der Waals surface area contributed by atoms with Crippen LogP contribution >= 0.6 is 0 Å². The van der Waals surface area contributed by atoms with Crippen molar-refractivity contribution in [1.82, 2.24) is 0 Å². The molecule has 0 aromatic heterocycles. The number of ether oxygens (including phenoxy) is 5. The molecule has 3 fully saturated rings. The van der Waals surface area contributed by atoms with Gasteiger partial charge < -0.3 is 43.6 Å². The summed E-state index contributed by atoms with van der Waals surface area (Å²) in [4.78, 5) is 0. The molecule has 4 unspecified atom stereocenters. The number of hydrogen-bond donors (Lipinski definition) is 3. The highest BCUT2D eigenvalue weighted by molar-refractivity contribution is 7.80. The average Bonchev–Trinajstić information content (AvgIpc) is 2.90. The van der Waals surface area contributed by atoms with Gasteiger partial charge in [-0.1, -0.05) is 6.92 Å². The zero-order valence-electron chi connectivity index (χ0n) is 14.6. The lowest BCUT2D eigenvalue weighted by Crippen LogP contribution is -2.60. The fraction of sp³-hybridized carbons (Fsp3) is 1.00. The molecule has 12 nitrogen and oxygen atoms in total. The standard InChI is InChI=1S/C14H24O12S/c1-5-8(16)6(3-15)23-13(9(5)17)25-10-7-4-22-11(10)12(14(21-2)24-7)26-27(18,19)20/h5-17H,3-4H2,1-2H3,(H,18,19,20)/p-1/t5-,6?,7?,8+,9-,10-,11+,12?,13?,14-/m0/s1. The topological polar surface area (TPSA) is 173 Å². The van der Waals surface area contributed by atoms with Crippen molar-refractivity contribution in [1.29, 1.82) is 0 Å². The Kier molecular flexibility index (Phi) is 6.39. The van der Waals surface area contributed by atoms with Gasteiger partial charge in [0.05, 0.1) is 19.3 Å². The Labute approximate surface area is 155 Å². The fourth-order valence-electron chi connectivity index (χ4n) is 3.54. The molecule has 10 atom stereocenters. The number of aliphatic hydroxyl groups excluding tert-OH is 3. The molecule has 3 aliphatic heterocycles. The number of rotatable bonds is 6. The van der Waals surface area contributed by atoms with Crippen molar-refractivity contribution in [3.63, 3.8) is 0 Å². The second-order valence-electron chi connectivity index (χ2n) is 6.71. The van der Waals surface area contributed by atoms with Crippen molar-refractivity contribution >= 4 is 10.4 Å². The minimum Gasteiger partial charge on any atom is -0.726 e. The van der Waals surface area contributed by atoms with Crippen molar-refractivity contribution in [3.05, 3.63) is 0 Å². The van der Waals surface area contributed by atoms with Crippen LogP contribution in [-0.4, -0.2) is 104 Å². The Hall–Kier alpha value is -0.450. The molecule has 3 N–H and O–H groups in total. The van der Waals surface area contributed by atoms with Crippen LogP contribution in [0.2, 0.25) is 0 Å². The van der Waals surface area contributed by atoms with Crippen LogP contribution in [0.3, 0.4) is 0 Å². The van der Waals surface area contributed by atoms with Crippen LogP contribution in [-0.2, 0) is 38.3 Å². The van der Waals surface area contributed by atoms with Gasteiger partial charge in [0.25, 0.3) is 0 Å². The summed E-state index contributed by atoms with van der Waals surface area (Å²) in [6, 6.07) is 0. The van der Waals surface area contributed by atoms with E-state index in [2.05, 4.69) is 4.18 Å². The number of methoxy groups -OCH3 is 1. The van der Waals surface area contributed by atoms with E-state index in [0.717, 1.165) is 0 Å². The van der Waals surface area contributed by atoms with Crippen LogP contribution < -0.4 is 0 Å². The molecule has 27 heavy (non-hydrogen) atoms. The Bertz CT molecular complexity index is 611. The Morgan fingerprint density at radius 1 is 1.15 bits per heavy atom. The van der Waals surface area contributed by atoms with Crippen LogP contribution in [0.5, 0.6) is 0 Å². The lowest BCUT2D eigenvalue weighted by atomic mass is 9.90. The second-order valence-corrected chi connectivity index (χ2v) is 7.72. The van der Waals surface area contributed by atoms with Crippen molar-refractivity contribution in [2.75, 3.05) is 20.3 Å². The van der Waals surface area contributed by atoms with E-state index in [4.69, 9.17) is 23.7 Å². The van der Waals surface area contributed by atoms with Gasteiger partial charge in [-0.2, -0.15) is 0 Å². The third-order valence-corrected chi connectivity index (χ3v) is 5.48. The second kappa shape index (κ2) is 8.12. The van der Waals surface area contributed by atoms with E-state index < -0.39 is 78.2 Å². The molecule has 3 heterocycles. The molecule has 0 aromatic carbocycles. The molecular weight excluding hydrogens is 392 g/mol. The van der Waals surface area contributed by atoms with Gasteiger partial charge in [-0.3, -0.25) is 4.18 Å². The largest absolute Gasteiger partial charge is 0.726 e.